The minimum absolute atomic E-state index is 0.0717. The van der Waals surface area contributed by atoms with E-state index in [9.17, 15) is 4.79 Å². The molecular weight excluding hydrogens is 290 g/mol. The Hall–Kier alpha value is -1.40. The van der Waals surface area contributed by atoms with E-state index in [4.69, 9.17) is 0 Å². The van der Waals surface area contributed by atoms with Gasteiger partial charge in [0.15, 0.2) is 0 Å². The molecule has 0 atom stereocenters. The number of carbonyl (C=O) groups is 1. The summed E-state index contributed by atoms with van der Waals surface area (Å²) in [6.07, 6.45) is 7.07. The molecule has 2 aliphatic rings. The van der Waals surface area contributed by atoms with Gasteiger partial charge in [-0.25, -0.2) is 0 Å². The highest BCUT2D eigenvalue weighted by atomic mass is 16.2. The molecule has 128 valence electrons. The first-order valence-corrected chi connectivity index (χ1v) is 8.62. The molecule has 6 heteroatoms. The van der Waals surface area contributed by atoms with Crippen molar-refractivity contribution in [2.45, 2.75) is 25.8 Å². The van der Waals surface area contributed by atoms with Crippen molar-refractivity contribution < 1.29 is 4.79 Å². The van der Waals surface area contributed by atoms with Gasteiger partial charge >= 0.3 is 0 Å². The van der Waals surface area contributed by atoms with Gasteiger partial charge in [0.1, 0.15) is 0 Å². The van der Waals surface area contributed by atoms with Crippen LogP contribution in [0.4, 0.5) is 0 Å². The van der Waals surface area contributed by atoms with Gasteiger partial charge in [-0.3, -0.25) is 14.4 Å². The molecule has 6 nitrogen and oxygen atoms in total. The Morgan fingerprint density at radius 3 is 2.52 bits per heavy atom. The van der Waals surface area contributed by atoms with E-state index in [0.717, 1.165) is 58.5 Å². The first-order chi connectivity index (χ1) is 11.0. The predicted molar refractivity (Wildman–Crippen MR) is 89.9 cm³/mol. The lowest BCUT2D eigenvalue weighted by molar-refractivity contribution is -0.138. The van der Waals surface area contributed by atoms with Crippen LogP contribution in [-0.4, -0.2) is 77.2 Å². The van der Waals surface area contributed by atoms with Crippen LogP contribution in [0, 0.1) is 5.41 Å². The molecule has 0 bridgehead atoms. The van der Waals surface area contributed by atoms with Crippen LogP contribution in [0.3, 0.4) is 0 Å². The fourth-order valence-corrected chi connectivity index (χ4v) is 3.84. The lowest BCUT2D eigenvalue weighted by Crippen LogP contribution is -2.45. The number of amides is 1. The number of aryl methyl sites for hydroxylation is 1. The zero-order valence-corrected chi connectivity index (χ0v) is 14.7. The summed E-state index contributed by atoms with van der Waals surface area (Å²) >= 11 is 0. The molecule has 0 N–H and O–H groups in total. The van der Waals surface area contributed by atoms with Crippen molar-refractivity contribution in [3.05, 3.63) is 18.0 Å². The van der Waals surface area contributed by atoms with Gasteiger partial charge in [0.05, 0.1) is 11.6 Å². The second kappa shape index (κ2) is 6.61. The van der Waals surface area contributed by atoms with E-state index >= 15 is 0 Å². The third-order valence-corrected chi connectivity index (χ3v) is 5.40. The van der Waals surface area contributed by atoms with Gasteiger partial charge < -0.3 is 9.80 Å². The van der Waals surface area contributed by atoms with Crippen LogP contribution in [0.2, 0.25) is 0 Å². The highest BCUT2D eigenvalue weighted by Gasteiger charge is 2.47. The molecule has 0 radical (unpaired) electrons. The second-order valence-electron chi connectivity index (χ2n) is 7.42. The molecule has 0 saturated carbocycles. The van der Waals surface area contributed by atoms with E-state index in [0.29, 0.717) is 5.91 Å². The highest BCUT2D eigenvalue weighted by molar-refractivity contribution is 5.85. The first kappa shape index (κ1) is 16.5. The number of nitrogens with zero attached hydrogens (tertiary/aromatic N) is 5. The van der Waals surface area contributed by atoms with Crippen molar-refractivity contribution in [1.29, 1.82) is 0 Å². The summed E-state index contributed by atoms with van der Waals surface area (Å²) in [5.74, 6) is 0.403. The molecule has 2 fully saturated rings. The van der Waals surface area contributed by atoms with Crippen LogP contribution in [-0.2, 0) is 18.4 Å². The topological polar surface area (TPSA) is 44.6 Å². The molecular formula is C17H29N5O. The Bertz CT molecular complexity index is 545. The Balaban J connectivity index is 1.52. The summed E-state index contributed by atoms with van der Waals surface area (Å²) in [5, 5.41) is 4.23. The van der Waals surface area contributed by atoms with E-state index < -0.39 is 0 Å². The molecule has 3 heterocycles. The van der Waals surface area contributed by atoms with Crippen molar-refractivity contribution in [3.63, 3.8) is 0 Å². The third-order valence-electron chi connectivity index (χ3n) is 5.40. The number of piperidine rings is 1. The SMILES string of the molecule is CN(C)CCN1CCC2(CCN(Cc3cnn(C)c3)CC2)C1=O. The fourth-order valence-electron chi connectivity index (χ4n) is 3.84. The number of aromatic nitrogens is 2. The summed E-state index contributed by atoms with van der Waals surface area (Å²) in [6, 6.07) is 0. The molecule has 23 heavy (non-hydrogen) atoms. The molecule has 0 unspecified atom stereocenters. The summed E-state index contributed by atoms with van der Waals surface area (Å²) in [4.78, 5) is 19.5. The molecule has 1 amide bonds. The van der Waals surface area contributed by atoms with Crippen LogP contribution < -0.4 is 0 Å². The Morgan fingerprint density at radius 1 is 1.22 bits per heavy atom. The zero-order valence-electron chi connectivity index (χ0n) is 14.7. The number of carbonyl (C=O) groups excluding carboxylic acids is 1. The fraction of sp³-hybridized carbons (Fsp3) is 0.765. The van der Waals surface area contributed by atoms with Gasteiger partial charge in [0.25, 0.3) is 0 Å². The lowest BCUT2D eigenvalue weighted by Gasteiger charge is -2.37. The minimum atomic E-state index is -0.0717. The number of hydrogen-bond donors (Lipinski definition) is 0. The van der Waals surface area contributed by atoms with Gasteiger partial charge in [0.2, 0.25) is 5.91 Å². The number of likely N-dealkylation sites (N-methyl/N-ethyl adjacent to an activating group) is 1. The third kappa shape index (κ3) is 3.58. The van der Waals surface area contributed by atoms with E-state index in [1.54, 1.807) is 0 Å². The standard InChI is InChI=1S/C17H29N5O/c1-19(2)10-11-22-9-6-17(16(22)23)4-7-21(8-5-17)14-15-12-18-20(3)13-15/h12-13H,4-11,14H2,1-3H3. The van der Waals surface area contributed by atoms with Crippen molar-refractivity contribution in [3.8, 4) is 0 Å². The predicted octanol–water partition coefficient (Wildman–Crippen LogP) is 0.796. The molecule has 0 aromatic carbocycles. The van der Waals surface area contributed by atoms with Gasteiger partial charge in [-0.05, 0) is 46.4 Å². The number of rotatable bonds is 5. The van der Waals surface area contributed by atoms with E-state index in [-0.39, 0.29) is 5.41 Å². The molecule has 1 aromatic heterocycles. The zero-order chi connectivity index (χ0) is 16.4. The van der Waals surface area contributed by atoms with E-state index in [2.05, 4.69) is 40.1 Å². The minimum Gasteiger partial charge on any atom is -0.341 e. The maximum absolute atomic E-state index is 12.8. The van der Waals surface area contributed by atoms with Crippen molar-refractivity contribution in [2.75, 3.05) is 46.8 Å². The maximum Gasteiger partial charge on any atom is 0.228 e. The van der Waals surface area contributed by atoms with E-state index in [1.165, 1.54) is 5.56 Å². The van der Waals surface area contributed by atoms with Gasteiger partial charge in [-0.1, -0.05) is 0 Å². The average molecular weight is 319 g/mol. The summed E-state index contributed by atoms with van der Waals surface area (Å²) in [7, 11) is 6.08. The quantitative estimate of drug-likeness (QED) is 0.805. The van der Waals surface area contributed by atoms with Crippen LogP contribution in [0.1, 0.15) is 24.8 Å². The Kier molecular flexibility index (Phi) is 4.73. The normalized spacial score (nSPS) is 21.7. The molecule has 1 spiro atoms. The van der Waals surface area contributed by atoms with Gasteiger partial charge in [-0.2, -0.15) is 5.10 Å². The Morgan fingerprint density at radius 2 is 1.91 bits per heavy atom. The molecule has 1 aromatic rings. The Labute approximate surface area is 139 Å². The van der Waals surface area contributed by atoms with Crippen molar-refractivity contribution in [1.82, 2.24) is 24.5 Å². The number of likely N-dealkylation sites (tertiary alicyclic amines) is 2. The lowest BCUT2D eigenvalue weighted by atomic mass is 9.77. The molecule has 2 saturated heterocycles. The van der Waals surface area contributed by atoms with Gasteiger partial charge in [0, 0.05) is 45.0 Å². The van der Waals surface area contributed by atoms with Crippen LogP contribution >= 0.6 is 0 Å². The summed E-state index contributed by atoms with van der Waals surface area (Å²) in [5.41, 5.74) is 1.19. The van der Waals surface area contributed by atoms with Crippen molar-refractivity contribution in [2.24, 2.45) is 12.5 Å². The van der Waals surface area contributed by atoms with Crippen LogP contribution in [0.15, 0.2) is 12.4 Å². The number of hydrogen-bond acceptors (Lipinski definition) is 4. The maximum atomic E-state index is 12.8. The van der Waals surface area contributed by atoms with Crippen molar-refractivity contribution >= 4 is 5.91 Å². The second-order valence-corrected chi connectivity index (χ2v) is 7.42. The van der Waals surface area contributed by atoms with Crippen LogP contribution in [0.25, 0.3) is 0 Å². The largest absolute Gasteiger partial charge is 0.341 e. The molecule has 0 aliphatic carbocycles. The highest BCUT2D eigenvalue weighted by Crippen LogP contribution is 2.41. The smallest absolute Gasteiger partial charge is 0.228 e. The first-order valence-electron chi connectivity index (χ1n) is 8.62. The summed E-state index contributed by atoms with van der Waals surface area (Å²) < 4.78 is 1.85. The average Bonchev–Trinajstić information content (AvgIpc) is 3.05. The van der Waals surface area contributed by atoms with Gasteiger partial charge in [-0.15, -0.1) is 0 Å². The van der Waals surface area contributed by atoms with E-state index in [1.807, 2.05) is 17.9 Å². The monoisotopic (exact) mass is 319 g/mol. The molecule has 3 rings (SSSR count). The molecule has 2 aliphatic heterocycles. The summed E-state index contributed by atoms with van der Waals surface area (Å²) in [6.45, 7) is 5.74. The van der Waals surface area contributed by atoms with Crippen LogP contribution in [0.5, 0.6) is 0 Å².